The van der Waals surface area contributed by atoms with E-state index in [1.54, 1.807) is 12.0 Å². The van der Waals surface area contributed by atoms with Gasteiger partial charge < -0.3 is 14.4 Å². The van der Waals surface area contributed by atoms with Crippen LogP contribution in [0.3, 0.4) is 0 Å². The van der Waals surface area contributed by atoms with Crippen molar-refractivity contribution in [2.24, 2.45) is 5.92 Å². The maximum absolute atomic E-state index is 12.7. The monoisotopic (exact) mass is 339 g/mol. The molecule has 2 aromatic carbocycles. The van der Waals surface area contributed by atoms with Gasteiger partial charge in [-0.05, 0) is 30.2 Å². The average Bonchev–Trinajstić information content (AvgIpc) is 2.66. The van der Waals surface area contributed by atoms with Crippen molar-refractivity contribution in [3.8, 4) is 5.75 Å². The number of hydrogen-bond acceptors (Lipinski definition) is 4. The smallest absolute Gasteiger partial charge is 0.320 e. The molecule has 0 bridgehead atoms. The molecular formula is C20H21NO4. The summed E-state index contributed by atoms with van der Waals surface area (Å²) in [5.41, 5.74) is 1.91. The highest BCUT2D eigenvalue weighted by Crippen LogP contribution is 2.46. The Labute approximate surface area is 147 Å². The lowest BCUT2D eigenvalue weighted by Crippen LogP contribution is -2.58. The third-order valence-electron chi connectivity index (χ3n) is 4.75. The number of ether oxygens (including phenoxy) is 2. The van der Waals surface area contributed by atoms with Crippen molar-refractivity contribution in [3.05, 3.63) is 65.7 Å². The Morgan fingerprint density at radius 1 is 1.04 bits per heavy atom. The standard InChI is InChI=1S/C20H21NO4/c1-13(14-9-11-16(24-2)12-10-14)21-18(15-7-5-4-6-8-15)17(19(21)22)20(23)25-3/h4-13,17-18H,1-3H3/t13-,17+,18-/m0/s1. The van der Waals surface area contributed by atoms with E-state index in [1.807, 2.05) is 61.5 Å². The molecular weight excluding hydrogens is 318 g/mol. The lowest BCUT2D eigenvalue weighted by Gasteiger charge is -2.49. The molecule has 1 heterocycles. The number of hydrogen-bond donors (Lipinski definition) is 0. The summed E-state index contributed by atoms with van der Waals surface area (Å²) in [6.07, 6.45) is 0. The minimum absolute atomic E-state index is 0.162. The summed E-state index contributed by atoms with van der Waals surface area (Å²) in [6.45, 7) is 1.96. The second-order valence-corrected chi connectivity index (χ2v) is 6.05. The Kier molecular flexibility index (Phi) is 4.74. The summed E-state index contributed by atoms with van der Waals surface area (Å²) in [5.74, 6) is -0.716. The second kappa shape index (κ2) is 6.97. The fourth-order valence-corrected chi connectivity index (χ4v) is 3.35. The molecule has 25 heavy (non-hydrogen) atoms. The molecule has 0 N–H and O–H groups in total. The Morgan fingerprint density at radius 2 is 1.68 bits per heavy atom. The zero-order chi connectivity index (χ0) is 18.0. The van der Waals surface area contributed by atoms with E-state index in [0.717, 1.165) is 16.9 Å². The third-order valence-corrected chi connectivity index (χ3v) is 4.75. The highest BCUT2D eigenvalue weighted by molar-refractivity contribution is 6.04. The minimum Gasteiger partial charge on any atom is -0.497 e. The molecule has 0 spiro atoms. The number of likely N-dealkylation sites (tertiary alicyclic amines) is 1. The molecule has 0 aliphatic carbocycles. The van der Waals surface area contributed by atoms with Gasteiger partial charge >= 0.3 is 5.97 Å². The Balaban J connectivity index is 1.92. The average molecular weight is 339 g/mol. The predicted molar refractivity (Wildman–Crippen MR) is 92.9 cm³/mol. The van der Waals surface area contributed by atoms with Crippen LogP contribution in [-0.2, 0) is 14.3 Å². The SMILES string of the molecule is COC(=O)[C@H]1C(=O)N([C@@H](C)c2ccc(OC)cc2)[C@H]1c1ccccc1. The van der Waals surface area contributed by atoms with E-state index in [2.05, 4.69) is 0 Å². The summed E-state index contributed by atoms with van der Waals surface area (Å²) in [6, 6.07) is 16.7. The normalized spacial score (nSPS) is 20.6. The van der Waals surface area contributed by atoms with Crippen molar-refractivity contribution in [3.63, 3.8) is 0 Å². The zero-order valence-corrected chi connectivity index (χ0v) is 14.5. The summed E-state index contributed by atoms with van der Waals surface area (Å²) >= 11 is 0. The summed E-state index contributed by atoms with van der Waals surface area (Å²) in [7, 11) is 2.93. The molecule has 3 rings (SSSR count). The number of rotatable bonds is 5. The van der Waals surface area contributed by atoms with Crippen LogP contribution < -0.4 is 4.74 Å². The second-order valence-electron chi connectivity index (χ2n) is 6.05. The molecule has 5 heteroatoms. The number of carbonyl (C=O) groups is 2. The summed E-state index contributed by atoms with van der Waals surface area (Å²) in [5, 5.41) is 0. The Morgan fingerprint density at radius 3 is 2.24 bits per heavy atom. The van der Waals surface area contributed by atoms with Crippen LogP contribution in [0.4, 0.5) is 0 Å². The van der Waals surface area contributed by atoms with Gasteiger partial charge in [-0.1, -0.05) is 42.5 Å². The summed E-state index contributed by atoms with van der Waals surface area (Å²) < 4.78 is 10.0. The number of benzene rings is 2. The van der Waals surface area contributed by atoms with Gasteiger partial charge in [-0.25, -0.2) is 0 Å². The molecule has 1 aliphatic rings. The molecule has 130 valence electrons. The van der Waals surface area contributed by atoms with Gasteiger partial charge in [0.2, 0.25) is 5.91 Å². The largest absolute Gasteiger partial charge is 0.497 e. The molecule has 1 amide bonds. The van der Waals surface area contributed by atoms with Crippen LogP contribution in [0.1, 0.15) is 30.1 Å². The van der Waals surface area contributed by atoms with Gasteiger partial charge in [0.05, 0.1) is 26.3 Å². The molecule has 2 aromatic rings. The lowest BCUT2D eigenvalue weighted by molar-refractivity contribution is -0.175. The van der Waals surface area contributed by atoms with Gasteiger partial charge in [-0.15, -0.1) is 0 Å². The number of nitrogens with zero attached hydrogens (tertiary/aromatic N) is 1. The van der Waals surface area contributed by atoms with E-state index in [1.165, 1.54) is 7.11 Å². The predicted octanol–water partition coefficient (Wildman–Crippen LogP) is 3.13. The molecule has 5 nitrogen and oxygen atoms in total. The number of methoxy groups -OCH3 is 2. The first-order valence-corrected chi connectivity index (χ1v) is 8.17. The number of esters is 1. The molecule has 1 aliphatic heterocycles. The fraction of sp³-hybridized carbons (Fsp3) is 0.300. The van der Waals surface area contributed by atoms with Crippen molar-refractivity contribution in [2.45, 2.75) is 19.0 Å². The van der Waals surface area contributed by atoms with Crippen LogP contribution in [0.25, 0.3) is 0 Å². The number of amides is 1. The van der Waals surface area contributed by atoms with Gasteiger partial charge in [0.25, 0.3) is 0 Å². The van der Waals surface area contributed by atoms with Crippen molar-refractivity contribution in [1.29, 1.82) is 0 Å². The van der Waals surface area contributed by atoms with Gasteiger partial charge in [0, 0.05) is 0 Å². The van der Waals surface area contributed by atoms with Crippen LogP contribution in [-0.4, -0.2) is 31.0 Å². The Bertz CT molecular complexity index is 757. The van der Waals surface area contributed by atoms with Crippen LogP contribution in [0.5, 0.6) is 5.75 Å². The van der Waals surface area contributed by atoms with Crippen molar-refractivity contribution < 1.29 is 19.1 Å². The topological polar surface area (TPSA) is 55.8 Å². The van der Waals surface area contributed by atoms with Gasteiger partial charge in [-0.3, -0.25) is 9.59 Å². The third kappa shape index (κ3) is 2.97. The molecule has 0 unspecified atom stereocenters. The highest BCUT2D eigenvalue weighted by atomic mass is 16.5. The molecule has 1 fully saturated rings. The molecule has 3 atom stereocenters. The number of β-lactam (4-membered cyclic amide) rings is 1. The van der Waals surface area contributed by atoms with Gasteiger partial charge in [0.1, 0.15) is 5.75 Å². The van der Waals surface area contributed by atoms with Gasteiger partial charge in [0.15, 0.2) is 5.92 Å². The molecule has 0 saturated carbocycles. The maximum atomic E-state index is 12.7. The van der Waals surface area contributed by atoms with Crippen molar-refractivity contribution >= 4 is 11.9 Å². The fourth-order valence-electron chi connectivity index (χ4n) is 3.35. The first kappa shape index (κ1) is 17.0. The first-order valence-electron chi connectivity index (χ1n) is 8.17. The number of carbonyl (C=O) groups excluding carboxylic acids is 2. The van der Waals surface area contributed by atoms with E-state index in [0.29, 0.717) is 0 Å². The van der Waals surface area contributed by atoms with Gasteiger partial charge in [-0.2, -0.15) is 0 Å². The molecule has 1 saturated heterocycles. The highest BCUT2D eigenvalue weighted by Gasteiger charge is 2.54. The van der Waals surface area contributed by atoms with Crippen LogP contribution in [0.2, 0.25) is 0 Å². The van der Waals surface area contributed by atoms with Crippen LogP contribution in [0, 0.1) is 5.92 Å². The zero-order valence-electron chi connectivity index (χ0n) is 14.5. The van der Waals surface area contributed by atoms with Crippen molar-refractivity contribution in [2.75, 3.05) is 14.2 Å². The quantitative estimate of drug-likeness (QED) is 0.477. The summed E-state index contributed by atoms with van der Waals surface area (Å²) in [4.78, 5) is 26.5. The molecule has 0 radical (unpaired) electrons. The Hall–Kier alpha value is -2.82. The van der Waals surface area contributed by atoms with Crippen LogP contribution >= 0.6 is 0 Å². The van der Waals surface area contributed by atoms with E-state index in [-0.39, 0.29) is 18.0 Å². The lowest BCUT2D eigenvalue weighted by atomic mass is 9.80. The maximum Gasteiger partial charge on any atom is 0.320 e. The van der Waals surface area contributed by atoms with Crippen LogP contribution in [0.15, 0.2) is 54.6 Å². The molecule has 0 aromatic heterocycles. The van der Waals surface area contributed by atoms with E-state index in [9.17, 15) is 9.59 Å². The van der Waals surface area contributed by atoms with E-state index < -0.39 is 11.9 Å². The van der Waals surface area contributed by atoms with E-state index in [4.69, 9.17) is 9.47 Å². The van der Waals surface area contributed by atoms with E-state index >= 15 is 0 Å². The van der Waals surface area contributed by atoms with Crippen molar-refractivity contribution in [1.82, 2.24) is 4.90 Å². The minimum atomic E-state index is -0.784. The first-order chi connectivity index (χ1) is 12.1.